The Morgan fingerprint density at radius 2 is 1.76 bits per heavy atom. The van der Waals surface area contributed by atoms with E-state index >= 15 is 0 Å². The highest BCUT2D eigenvalue weighted by molar-refractivity contribution is 6.03. The van der Waals surface area contributed by atoms with Gasteiger partial charge in [-0.1, -0.05) is 0 Å². The zero-order valence-corrected chi connectivity index (χ0v) is 14.0. The Morgan fingerprint density at radius 1 is 1.17 bits per heavy atom. The summed E-state index contributed by atoms with van der Waals surface area (Å²) in [7, 11) is 0.626. The lowest BCUT2D eigenvalue weighted by Gasteiger charge is -2.19. The van der Waals surface area contributed by atoms with Gasteiger partial charge in [-0.3, -0.25) is 9.48 Å². The number of hydrogen-bond donors (Lipinski definition) is 2. The number of alkyl halides is 8. The first-order chi connectivity index (χ1) is 13.1. The van der Waals surface area contributed by atoms with Gasteiger partial charge < -0.3 is 11.1 Å². The van der Waals surface area contributed by atoms with Crippen LogP contribution in [-0.2, 0) is 19.1 Å². The van der Waals surface area contributed by atoms with E-state index in [1.54, 1.807) is 11.4 Å². The molecule has 2 rings (SSSR count). The lowest BCUT2D eigenvalue weighted by atomic mass is 10.1. The first kappa shape index (κ1) is 21.9. The standard InChI is InChI=1S/C14H8F8N6O/c1-28-10(26-11(29)6-3-2-5(4-23)9(24)25-6)7(13(17,18)19)8(27-28)12(15,16)14(20,21)22/h2-3H,1H3,(H2,24,25)(H,26,29). The Bertz CT molecular complexity index is 1000. The minimum atomic E-state index is -6.37. The Hall–Kier alpha value is -3.44. The molecule has 0 radical (unpaired) electrons. The Kier molecular flexibility index (Phi) is 5.17. The van der Waals surface area contributed by atoms with Gasteiger partial charge in [0.25, 0.3) is 5.91 Å². The number of amides is 1. The molecule has 0 aliphatic heterocycles. The monoisotopic (exact) mass is 428 g/mol. The number of nitrogens with one attached hydrogen (secondary N) is 1. The molecular formula is C14H8F8N6O. The molecule has 0 atom stereocenters. The molecule has 2 heterocycles. The van der Waals surface area contributed by atoms with E-state index in [4.69, 9.17) is 11.0 Å². The molecule has 156 valence electrons. The summed E-state index contributed by atoms with van der Waals surface area (Å²) in [5, 5.41) is 12.9. The van der Waals surface area contributed by atoms with Crippen molar-refractivity contribution in [3.8, 4) is 6.07 Å². The fraction of sp³-hybridized carbons (Fsp3) is 0.286. The Balaban J connectivity index is 2.58. The van der Waals surface area contributed by atoms with Crippen LogP contribution in [0.5, 0.6) is 0 Å². The number of carbonyl (C=O) groups is 1. The van der Waals surface area contributed by atoms with Crippen LogP contribution >= 0.6 is 0 Å². The molecule has 2 aromatic rings. The maximum Gasteiger partial charge on any atom is 0.459 e. The highest BCUT2D eigenvalue weighted by Crippen LogP contribution is 2.49. The third-order valence-electron chi connectivity index (χ3n) is 3.49. The van der Waals surface area contributed by atoms with Crippen molar-refractivity contribution in [3.05, 3.63) is 34.6 Å². The van der Waals surface area contributed by atoms with Gasteiger partial charge >= 0.3 is 18.3 Å². The summed E-state index contributed by atoms with van der Waals surface area (Å²) in [5.74, 6) is -9.29. The van der Waals surface area contributed by atoms with Gasteiger partial charge in [-0.05, 0) is 12.1 Å². The van der Waals surface area contributed by atoms with E-state index in [1.807, 2.05) is 0 Å². The van der Waals surface area contributed by atoms with Crippen LogP contribution in [0.25, 0.3) is 0 Å². The smallest absolute Gasteiger partial charge is 0.383 e. The quantitative estimate of drug-likeness (QED) is 0.730. The normalized spacial score (nSPS) is 12.6. The summed E-state index contributed by atoms with van der Waals surface area (Å²) in [6.45, 7) is 0. The molecule has 2 aromatic heterocycles. The van der Waals surface area contributed by atoms with Crippen molar-refractivity contribution < 1.29 is 39.9 Å². The molecule has 0 aromatic carbocycles. The van der Waals surface area contributed by atoms with Crippen LogP contribution in [0.1, 0.15) is 27.3 Å². The molecule has 7 nitrogen and oxygen atoms in total. The summed E-state index contributed by atoms with van der Waals surface area (Å²) in [6, 6.07) is 3.51. The van der Waals surface area contributed by atoms with E-state index in [-0.39, 0.29) is 10.2 Å². The van der Waals surface area contributed by atoms with Crippen molar-refractivity contribution >= 4 is 17.5 Å². The summed E-state index contributed by atoms with van der Waals surface area (Å²) in [5.41, 5.74) is -0.518. The molecule has 0 aliphatic carbocycles. The SMILES string of the molecule is Cn1nc(C(F)(F)C(F)(F)F)c(C(F)(F)F)c1NC(=O)c1ccc(C#N)c(N)n1. The third-order valence-corrected chi connectivity index (χ3v) is 3.49. The fourth-order valence-corrected chi connectivity index (χ4v) is 2.16. The van der Waals surface area contributed by atoms with Crippen LogP contribution < -0.4 is 11.1 Å². The average Bonchev–Trinajstić information content (AvgIpc) is 2.91. The predicted octanol–water partition coefficient (Wildman–Crippen LogP) is 3.19. The summed E-state index contributed by atoms with van der Waals surface area (Å²) >= 11 is 0. The molecule has 0 saturated heterocycles. The predicted molar refractivity (Wildman–Crippen MR) is 79.5 cm³/mol. The van der Waals surface area contributed by atoms with Crippen LogP contribution in [-0.4, -0.2) is 26.8 Å². The molecule has 3 N–H and O–H groups in total. The van der Waals surface area contributed by atoms with Crippen molar-refractivity contribution in [2.45, 2.75) is 18.3 Å². The van der Waals surface area contributed by atoms with Crippen molar-refractivity contribution in [1.82, 2.24) is 14.8 Å². The van der Waals surface area contributed by atoms with Crippen LogP contribution in [0.3, 0.4) is 0 Å². The van der Waals surface area contributed by atoms with Crippen LogP contribution in [0, 0.1) is 11.3 Å². The number of carbonyl (C=O) groups excluding carboxylic acids is 1. The number of nitrogen functional groups attached to an aromatic ring is 1. The summed E-state index contributed by atoms with van der Waals surface area (Å²) in [4.78, 5) is 15.6. The highest BCUT2D eigenvalue weighted by Gasteiger charge is 2.64. The van der Waals surface area contributed by atoms with Gasteiger partial charge in [-0.15, -0.1) is 0 Å². The third kappa shape index (κ3) is 3.91. The van der Waals surface area contributed by atoms with Gasteiger partial charge in [0.15, 0.2) is 5.69 Å². The van der Waals surface area contributed by atoms with Gasteiger partial charge in [0.1, 0.15) is 29.0 Å². The molecule has 15 heteroatoms. The van der Waals surface area contributed by atoms with Crippen molar-refractivity contribution in [1.29, 1.82) is 5.26 Å². The van der Waals surface area contributed by atoms with Crippen molar-refractivity contribution in [2.75, 3.05) is 11.1 Å². The number of halogens is 8. The molecule has 29 heavy (non-hydrogen) atoms. The number of aromatic nitrogens is 3. The second-order valence-corrected chi connectivity index (χ2v) is 5.46. The van der Waals surface area contributed by atoms with E-state index in [9.17, 15) is 39.9 Å². The van der Waals surface area contributed by atoms with E-state index < -0.39 is 52.8 Å². The molecule has 0 spiro atoms. The number of anilines is 2. The van der Waals surface area contributed by atoms with Gasteiger partial charge in [-0.2, -0.15) is 45.5 Å². The van der Waals surface area contributed by atoms with Crippen LogP contribution in [0.2, 0.25) is 0 Å². The van der Waals surface area contributed by atoms with E-state index in [2.05, 4.69) is 10.1 Å². The minimum Gasteiger partial charge on any atom is -0.383 e. The lowest BCUT2D eigenvalue weighted by molar-refractivity contribution is -0.292. The first-order valence-electron chi connectivity index (χ1n) is 7.18. The molecular weight excluding hydrogens is 420 g/mol. The maximum absolute atomic E-state index is 13.6. The number of nitrogens with zero attached hydrogens (tertiary/aromatic N) is 4. The van der Waals surface area contributed by atoms with Gasteiger partial charge in [0.05, 0.1) is 5.56 Å². The van der Waals surface area contributed by atoms with Crippen LogP contribution in [0.15, 0.2) is 12.1 Å². The second-order valence-electron chi connectivity index (χ2n) is 5.46. The summed E-state index contributed by atoms with van der Waals surface area (Å²) < 4.78 is 105. The topological polar surface area (TPSA) is 110 Å². The highest BCUT2D eigenvalue weighted by atomic mass is 19.4. The number of pyridine rings is 1. The number of hydrogen-bond acceptors (Lipinski definition) is 5. The van der Waals surface area contributed by atoms with Gasteiger partial charge in [0.2, 0.25) is 0 Å². The zero-order valence-electron chi connectivity index (χ0n) is 14.0. The van der Waals surface area contributed by atoms with Gasteiger partial charge in [0, 0.05) is 7.05 Å². The first-order valence-corrected chi connectivity index (χ1v) is 7.18. The number of nitriles is 1. The van der Waals surface area contributed by atoms with Gasteiger partial charge in [-0.25, -0.2) is 4.98 Å². The largest absolute Gasteiger partial charge is 0.459 e. The van der Waals surface area contributed by atoms with E-state index in [0.29, 0.717) is 7.05 Å². The number of aryl methyl sites for hydroxylation is 1. The fourth-order valence-electron chi connectivity index (χ4n) is 2.16. The average molecular weight is 428 g/mol. The Labute approximate surface area is 155 Å². The number of rotatable bonds is 3. The van der Waals surface area contributed by atoms with Crippen molar-refractivity contribution in [3.63, 3.8) is 0 Å². The number of nitrogens with two attached hydrogens (primary N) is 1. The Morgan fingerprint density at radius 3 is 2.21 bits per heavy atom. The van der Waals surface area contributed by atoms with E-state index in [1.165, 1.54) is 0 Å². The molecule has 0 unspecified atom stereocenters. The zero-order chi connectivity index (χ0) is 22.4. The van der Waals surface area contributed by atoms with Crippen molar-refractivity contribution in [2.24, 2.45) is 7.05 Å². The molecule has 1 amide bonds. The maximum atomic E-state index is 13.6. The molecule has 0 aliphatic rings. The summed E-state index contributed by atoms with van der Waals surface area (Å²) in [6.07, 6.45) is -12.1. The molecule has 0 saturated carbocycles. The second kappa shape index (κ2) is 6.87. The lowest BCUT2D eigenvalue weighted by Crippen LogP contribution is -2.36. The van der Waals surface area contributed by atoms with E-state index in [0.717, 1.165) is 12.1 Å². The minimum absolute atomic E-state index is 0.0166. The molecule has 0 fully saturated rings. The van der Waals surface area contributed by atoms with Crippen LogP contribution in [0.4, 0.5) is 46.8 Å². The molecule has 0 bridgehead atoms.